The van der Waals surface area contributed by atoms with Crippen molar-refractivity contribution in [1.29, 1.82) is 0 Å². The van der Waals surface area contributed by atoms with Crippen LogP contribution in [0.25, 0.3) is 0 Å². The maximum atomic E-state index is 9.52. The first-order valence-corrected chi connectivity index (χ1v) is 4.20. The number of benzene rings is 1. The fourth-order valence-corrected chi connectivity index (χ4v) is 1.26. The normalized spacial score (nSPS) is 23.6. The molecule has 1 aromatic carbocycles. The standard InChI is InChI=1S/C10H12O2/c11-9(10-7-12-10)6-8-4-2-1-3-5-8/h1-5,9-11H,6-7H2/t9?,10-/m0/s1. The number of ether oxygens (including phenoxy) is 1. The zero-order chi connectivity index (χ0) is 8.39. The van der Waals surface area contributed by atoms with Gasteiger partial charge in [-0.3, -0.25) is 0 Å². The molecule has 0 bridgehead atoms. The van der Waals surface area contributed by atoms with E-state index >= 15 is 0 Å². The summed E-state index contributed by atoms with van der Waals surface area (Å²) in [5.74, 6) is 0. The molecule has 2 nitrogen and oxygen atoms in total. The monoisotopic (exact) mass is 164 g/mol. The largest absolute Gasteiger partial charge is 0.390 e. The summed E-state index contributed by atoms with van der Waals surface area (Å²) in [5.41, 5.74) is 1.17. The minimum absolute atomic E-state index is 0.0882. The summed E-state index contributed by atoms with van der Waals surface area (Å²) in [5, 5.41) is 9.52. The van der Waals surface area contributed by atoms with Crippen LogP contribution in [0.15, 0.2) is 30.3 Å². The molecule has 0 aliphatic carbocycles. The van der Waals surface area contributed by atoms with Crippen molar-refractivity contribution in [3.63, 3.8) is 0 Å². The first-order valence-electron chi connectivity index (χ1n) is 4.20. The minimum atomic E-state index is -0.326. The molecule has 1 aliphatic rings. The highest BCUT2D eigenvalue weighted by Gasteiger charge is 2.30. The fraction of sp³-hybridized carbons (Fsp3) is 0.400. The third-order valence-corrected chi connectivity index (χ3v) is 2.08. The van der Waals surface area contributed by atoms with Gasteiger partial charge in [0.1, 0.15) is 6.10 Å². The van der Waals surface area contributed by atoms with Gasteiger partial charge in [-0.2, -0.15) is 0 Å². The molecule has 1 heterocycles. The van der Waals surface area contributed by atoms with E-state index in [0.29, 0.717) is 13.0 Å². The Hall–Kier alpha value is -0.860. The van der Waals surface area contributed by atoms with E-state index in [-0.39, 0.29) is 12.2 Å². The van der Waals surface area contributed by atoms with Gasteiger partial charge >= 0.3 is 0 Å². The second-order valence-electron chi connectivity index (χ2n) is 3.13. The predicted molar refractivity (Wildman–Crippen MR) is 45.9 cm³/mol. The quantitative estimate of drug-likeness (QED) is 0.676. The van der Waals surface area contributed by atoms with E-state index in [1.807, 2.05) is 30.3 Å². The van der Waals surface area contributed by atoms with Crippen LogP contribution in [0.5, 0.6) is 0 Å². The van der Waals surface area contributed by atoms with Gasteiger partial charge in [0.05, 0.1) is 12.7 Å². The molecule has 0 aromatic heterocycles. The van der Waals surface area contributed by atoms with Crippen LogP contribution in [0.3, 0.4) is 0 Å². The highest BCUT2D eigenvalue weighted by molar-refractivity contribution is 5.16. The first-order chi connectivity index (χ1) is 5.86. The Morgan fingerprint density at radius 2 is 2.08 bits per heavy atom. The number of aliphatic hydroxyl groups excluding tert-OH is 1. The van der Waals surface area contributed by atoms with E-state index in [2.05, 4.69) is 0 Å². The van der Waals surface area contributed by atoms with Crippen molar-refractivity contribution < 1.29 is 9.84 Å². The second kappa shape index (κ2) is 3.25. The maximum Gasteiger partial charge on any atom is 0.107 e. The molecule has 1 N–H and O–H groups in total. The zero-order valence-corrected chi connectivity index (χ0v) is 6.81. The van der Waals surface area contributed by atoms with Gasteiger partial charge in [0.25, 0.3) is 0 Å². The Balaban J connectivity index is 1.94. The zero-order valence-electron chi connectivity index (χ0n) is 6.81. The number of hydrogen-bond acceptors (Lipinski definition) is 2. The molecular formula is C10H12O2. The van der Waals surface area contributed by atoms with Crippen molar-refractivity contribution >= 4 is 0 Å². The molecular weight excluding hydrogens is 152 g/mol. The Morgan fingerprint density at radius 3 is 2.67 bits per heavy atom. The van der Waals surface area contributed by atoms with Crippen molar-refractivity contribution in [2.45, 2.75) is 18.6 Å². The van der Waals surface area contributed by atoms with Crippen molar-refractivity contribution in [3.05, 3.63) is 35.9 Å². The predicted octanol–water partition coefficient (Wildman–Crippen LogP) is 0.989. The maximum absolute atomic E-state index is 9.52. The lowest BCUT2D eigenvalue weighted by atomic mass is 10.1. The number of rotatable bonds is 3. The third-order valence-electron chi connectivity index (χ3n) is 2.08. The third kappa shape index (κ3) is 1.84. The van der Waals surface area contributed by atoms with Gasteiger partial charge < -0.3 is 9.84 Å². The van der Waals surface area contributed by atoms with Crippen molar-refractivity contribution in [3.8, 4) is 0 Å². The molecule has 0 radical (unpaired) electrons. The van der Waals surface area contributed by atoms with Gasteiger partial charge in [0, 0.05) is 6.42 Å². The number of epoxide rings is 1. The van der Waals surface area contributed by atoms with Crippen LogP contribution in [0.4, 0.5) is 0 Å². The highest BCUT2D eigenvalue weighted by Crippen LogP contribution is 2.17. The van der Waals surface area contributed by atoms with Gasteiger partial charge in [-0.15, -0.1) is 0 Å². The van der Waals surface area contributed by atoms with E-state index in [4.69, 9.17) is 4.74 Å². The average molecular weight is 164 g/mol. The van der Waals surface area contributed by atoms with Gasteiger partial charge in [-0.25, -0.2) is 0 Å². The topological polar surface area (TPSA) is 32.8 Å². The molecule has 64 valence electrons. The molecule has 2 atom stereocenters. The Labute approximate surface area is 71.8 Å². The molecule has 0 saturated carbocycles. The van der Waals surface area contributed by atoms with E-state index in [1.165, 1.54) is 5.56 Å². The van der Waals surface area contributed by atoms with E-state index < -0.39 is 0 Å². The Morgan fingerprint density at radius 1 is 1.42 bits per heavy atom. The van der Waals surface area contributed by atoms with Crippen molar-refractivity contribution in [1.82, 2.24) is 0 Å². The van der Waals surface area contributed by atoms with Crippen LogP contribution in [-0.4, -0.2) is 23.9 Å². The number of hydrogen-bond donors (Lipinski definition) is 1. The molecule has 1 fully saturated rings. The SMILES string of the molecule is OC(Cc1ccccc1)[C@@H]1CO1. The van der Waals surface area contributed by atoms with Gasteiger partial charge in [0.15, 0.2) is 0 Å². The summed E-state index contributed by atoms with van der Waals surface area (Å²) in [6.07, 6.45) is 0.462. The minimum Gasteiger partial charge on any atom is -0.390 e. The smallest absolute Gasteiger partial charge is 0.107 e. The Kier molecular flexibility index (Phi) is 2.11. The molecule has 1 unspecified atom stereocenters. The molecule has 1 saturated heterocycles. The van der Waals surface area contributed by atoms with E-state index in [0.717, 1.165) is 0 Å². The summed E-state index contributed by atoms with van der Waals surface area (Å²) in [6, 6.07) is 9.98. The lowest BCUT2D eigenvalue weighted by Crippen LogP contribution is -2.17. The second-order valence-corrected chi connectivity index (χ2v) is 3.13. The highest BCUT2D eigenvalue weighted by atomic mass is 16.6. The molecule has 2 rings (SSSR count). The van der Waals surface area contributed by atoms with E-state index in [1.54, 1.807) is 0 Å². The number of aliphatic hydroxyl groups is 1. The summed E-state index contributed by atoms with van der Waals surface area (Å²) >= 11 is 0. The molecule has 1 aliphatic heterocycles. The van der Waals surface area contributed by atoms with Gasteiger partial charge in [-0.1, -0.05) is 30.3 Å². The molecule has 0 amide bonds. The molecule has 12 heavy (non-hydrogen) atoms. The van der Waals surface area contributed by atoms with Crippen LogP contribution in [-0.2, 0) is 11.2 Å². The van der Waals surface area contributed by atoms with Crippen LogP contribution >= 0.6 is 0 Å². The lowest BCUT2D eigenvalue weighted by Gasteiger charge is -2.06. The summed E-state index contributed by atoms with van der Waals surface area (Å²) in [7, 11) is 0. The van der Waals surface area contributed by atoms with Gasteiger partial charge in [-0.05, 0) is 5.56 Å². The molecule has 1 aromatic rings. The van der Waals surface area contributed by atoms with E-state index in [9.17, 15) is 5.11 Å². The molecule has 0 spiro atoms. The van der Waals surface area contributed by atoms with Crippen LogP contribution in [0.1, 0.15) is 5.56 Å². The van der Waals surface area contributed by atoms with Crippen LogP contribution in [0, 0.1) is 0 Å². The summed E-state index contributed by atoms with van der Waals surface area (Å²) in [4.78, 5) is 0. The Bertz CT molecular complexity index is 241. The van der Waals surface area contributed by atoms with Crippen molar-refractivity contribution in [2.24, 2.45) is 0 Å². The summed E-state index contributed by atoms with van der Waals surface area (Å²) < 4.78 is 4.99. The van der Waals surface area contributed by atoms with Crippen LogP contribution in [0.2, 0.25) is 0 Å². The molecule has 2 heteroatoms. The summed E-state index contributed by atoms with van der Waals surface area (Å²) in [6.45, 7) is 0.716. The first kappa shape index (κ1) is 7.77. The fourth-order valence-electron chi connectivity index (χ4n) is 1.26. The average Bonchev–Trinajstić information content (AvgIpc) is 2.88. The van der Waals surface area contributed by atoms with Crippen LogP contribution < -0.4 is 0 Å². The van der Waals surface area contributed by atoms with Gasteiger partial charge in [0.2, 0.25) is 0 Å². The van der Waals surface area contributed by atoms with Crippen molar-refractivity contribution in [2.75, 3.05) is 6.61 Å². The lowest BCUT2D eigenvalue weighted by molar-refractivity contribution is 0.135.